The molecule has 0 bridgehead atoms. The summed E-state index contributed by atoms with van der Waals surface area (Å²) in [6.45, 7) is 0. The van der Waals surface area contributed by atoms with Gasteiger partial charge in [-0.05, 0) is 18.2 Å². The maximum atomic E-state index is 13.7. The fraction of sp³-hybridized carbons (Fsp3) is 0.0833. The first-order valence-electron chi connectivity index (χ1n) is 4.98. The average Bonchev–Trinajstić information content (AvgIpc) is 2.38. The summed E-state index contributed by atoms with van der Waals surface area (Å²) < 4.78 is 19.2. The third-order valence-electron chi connectivity index (χ3n) is 2.25. The fourth-order valence-corrected chi connectivity index (χ4v) is 1.76. The largest absolute Gasteiger partial charge is 0.479 e. The van der Waals surface area contributed by atoms with Crippen molar-refractivity contribution in [1.82, 2.24) is 9.97 Å². The van der Waals surface area contributed by atoms with Crippen molar-refractivity contribution in [3.05, 3.63) is 52.1 Å². The van der Waals surface area contributed by atoms with Gasteiger partial charge in [-0.2, -0.15) is 0 Å². The number of benzene rings is 1. The zero-order valence-electron chi connectivity index (χ0n) is 9.35. The van der Waals surface area contributed by atoms with Crippen LogP contribution >= 0.6 is 15.9 Å². The molecule has 4 nitrogen and oxygen atoms in total. The van der Waals surface area contributed by atoms with E-state index in [-0.39, 0.29) is 17.1 Å². The molecular formula is C12H8BrFN2O2. The molecule has 0 unspecified atom stereocenters. The van der Waals surface area contributed by atoms with Gasteiger partial charge in [0.2, 0.25) is 11.7 Å². The highest BCUT2D eigenvalue weighted by Gasteiger charge is 2.20. The lowest BCUT2D eigenvalue weighted by molar-refractivity contribution is 0.102. The molecule has 0 aliphatic rings. The summed E-state index contributed by atoms with van der Waals surface area (Å²) in [4.78, 5) is 19.8. The van der Waals surface area contributed by atoms with Crippen molar-refractivity contribution in [2.45, 2.75) is 0 Å². The lowest BCUT2D eigenvalue weighted by Gasteiger charge is -2.05. The van der Waals surface area contributed by atoms with E-state index in [0.717, 1.165) is 0 Å². The molecular weight excluding hydrogens is 303 g/mol. The molecule has 2 rings (SSSR count). The molecule has 0 aliphatic carbocycles. The van der Waals surface area contributed by atoms with Crippen molar-refractivity contribution in [3.63, 3.8) is 0 Å². The number of hydrogen-bond acceptors (Lipinski definition) is 4. The zero-order chi connectivity index (χ0) is 13.1. The molecule has 18 heavy (non-hydrogen) atoms. The van der Waals surface area contributed by atoms with Gasteiger partial charge in [-0.1, -0.05) is 15.9 Å². The number of halogens is 2. The van der Waals surface area contributed by atoms with E-state index in [4.69, 9.17) is 4.74 Å². The van der Waals surface area contributed by atoms with Gasteiger partial charge in [0.1, 0.15) is 5.82 Å². The lowest BCUT2D eigenvalue weighted by Crippen LogP contribution is -2.09. The highest BCUT2D eigenvalue weighted by molar-refractivity contribution is 9.10. The molecule has 1 heterocycles. The molecule has 6 heteroatoms. The van der Waals surface area contributed by atoms with Gasteiger partial charge in [-0.15, -0.1) is 0 Å². The van der Waals surface area contributed by atoms with Gasteiger partial charge in [0.15, 0.2) is 5.69 Å². The van der Waals surface area contributed by atoms with Crippen LogP contribution in [-0.4, -0.2) is 22.9 Å². The SMILES string of the molecule is COc1nccnc1C(=O)c1ccc(Br)cc1F. The Morgan fingerprint density at radius 1 is 1.33 bits per heavy atom. The van der Waals surface area contributed by atoms with Gasteiger partial charge in [-0.3, -0.25) is 4.79 Å². The number of carbonyl (C=O) groups excluding carboxylic acids is 1. The second kappa shape index (κ2) is 5.22. The fourth-order valence-electron chi connectivity index (χ4n) is 1.43. The Morgan fingerprint density at radius 3 is 2.72 bits per heavy atom. The van der Waals surface area contributed by atoms with Crippen LogP contribution in [0.4, 0.5) is 4.39 Å². The first-order valence-corrected chi connectivity index (χ1v) is 5.77. The molecule has 1 aromatic carbocycles. The van der Waals surface area contributed by atoms with Crippen molar-refractivity contribution in [2.75, 3.05) is 7.11 Å². The maximum Gasteiger partial charge on any atom is 0.243 e. The van der Waals surface area contributed by atoms with Crippen molar-refractivity contribution in [2.24, 2.45) is 0 Å². The van der Waals surface area contributed by atoms with Crippen LogP contribution < -0.4 is 4.74 Å². The smallest absolute Gasteiger partial charge is 0.243 e. The Labute approximate surface area is 111 Å². The van der Waals surface area contributed by atoms with Gasteiger partial charge >= 0.3 is 0 Å². The first-order chi connectivity index (χ1) is 8.63. The monoisotopic (exact) mass is 310 g/mol. The Bertz CT molecular complexity index is 604. The summed E-state index contributed by atoms with van der Waals surface area (Å²) in [5, 5.41) is 0. The Morgan fingerprint density at radius 2 is 2.06 bits per heavy atom. The molecule has 1 aromatic heterocycles. The van der Waals surface area contributed by atoms with E-state index in [1.807, 2.05) is 0 Å². The van der Waals surface area contributed by atoms with Crippen molar-refractivity contribution < 1.29 is 13.9 Å². The van der Waals surface area contributed by atoms with Gasteiger partial charge in [-0.25, -0.2) is 14.4 Å². The molecule has 0 amide bonds. The minimum Gasteiger partial charge on any atom is -0.479 e. The van der Waals surface area contributed by atoms with Crippen LogP contribution in [-0.2, 0) is 0 Å². The third-order valence-corrected chi connectivity index (χ3v) is 2.74. The van der Waals surface area contributed by atoms with Gasteiger partial charge in [0.05, 0.1) is 12.7 Å². The van der Waals surface area contributed by atoms with Crippen LogP contribution in [0.3, 0.4) is 0 Å². The number of carbonyl (C=O) groups is 1. The van der Waals surface area contributed by atoms with Crippen LogP contribution in [0.15, 0.2) is 35.1 Å². The molecule has 0 N–H and O–H groups in total. The van der Waals surface area contributed by atoms with E-state index >= 15 is 0 Å². The van der Waals surface area contributed by atoms with E-state index < -0.39 is 11.6 Å². The van der Waals surface area contributed by atoms with Gasteiger partial charge in [0.25, 0.3) is 0 Å². The second-order valence-corrected chi connectivity index (χ2v) is 4.28. The molecule has 0 fully saturated rings. The van der Waals surface area contributed by atoms with Crippen LogP contribution in [0.5, 0.6) is 5.88 Å². The Hall–Kier alpha value is -1.82. The molecule has 2 aromatic rings. The molecule has 0 aliphatic heterocycles. The highest BCUT2D eigenvalue weighted by atomic mass is 79.9. The van der Waals surface area contributed by atoms with E-state index in [2.05, 4.69) is 25.9 Å². The number of ketones is 1. The summed E-state index contributed by atoms with van der Waals surface area (Å²) in [6.07, 6.45) is 2.75. The molecule has 0 saturated heterocycles. The van der Waals surface area contributed by atoms with E-state index in [1.54, 1.807) is 6.07 Å². The minimum absolute atomic E-state index is 0.0128. The van der Waals surface area contributed by atoms with E-state index in [0.29, 0.717) is 4.47 Å². The van der Waals surface area contributed by atoms with Crippen molar-refractivity contribution in [3.8, 4) is 5.88 Å². The zero-order valence-corrected chi connectivity index (χ0v) is 10.9. The van der Waals surface area contributed by atoms with Gasteiger partial charge in [0, 0.05) is 16.9 Å². The van der Waals surface area contributed by atoms with E-state index in [1.165, 1.54) is 31.6 Å². The summed E-state index contributed by atoms with van der Waals surface area (Å²) >= 11 is 3.13. The highest BCUT2D eigenvalue weighted by Crippen LogP contribution is 2.20. The number of ether oxygens (including phenoxy) is 1. The number of nitrogens with zero attached hydrogens (tertiary/aromatic N) is 2. The predicted octanol–water partition coefficient (Wildman–Crippen LogP) is 2.62. The van der Waals surface area contributed by atoms with Crippen LogP contribution in [0.1, 0.15) is 16.1 Å². The molecule has 0 radical (unpaired) electrons. The van der Waals surface area contributed by atoms with Gasteiger partial charge < -0.3 is 4.74 Å². The summed E-state index contributed by atoms with van der Waals surface area (Å²) in [7, 11) is 1.37. The Kier molecular flexibility index (Phi) is 3.66. The number of aromatic nitrogens is 2. The average molecular weight is 311 g/mol. The summed E-state index contributed by atoms with van der Waals surface area (Å²) in [5.41, 5.74) is -0.0850. The minimum atomic E-state index is -0.623. The van der Waals surface area contributed by atoms with Crippen molar-refractivity contribution in [1.29, 1.82) is 0 Å². The van der Waals surface area contributed by atoms with Crippen molar-refractivity contribution >= 4 is 21.7 Å². The van der Waals surface area contributed by atoms with E-state index in [9.17, 15) is 9.18 Å². The Balaban J connectivity index is 2.48. The normalized spacial score (nSPS) is 10.2. The quantitative estimate of drug-likeness (QED) is 0.818. The van der Waals surface area contributed by atoms with Crippen LogP contribution in [0.2, 0.25) is 0 Å². The summed E-state index contributed by atoms with van der Waals surface area (Å²) in [6, 6.07) is 4.19. The molecule has 92 valence electrons. The molecule has 0 saturated carbocycles. The number of rotatable bonds is 3. The summed E-state index contributed by atoms with van der Waals surface area (Å²) in [5.74, 6) is -1.11. The van der Waals surface area contributed by atoms with Crippen LogP contribution in [0.25, 0.3) is 0 Å². The second-order valence-electron chi connectivity index (χ2n) is 3.37. The third kappa shape index (κ3) is 2.38. The predicted molar refractivity (Wildman–Crippen MR) is 66.1 cm³/mol. The number of methoxy groups -OCH3 is 1. The topological polar surface area (TPSA) is 52.1 Å². The maximum absolute atomic E-state index is 13.7. The standard InChI is InChI=1S/C12H8BrFN2O2/c1-18-12-10(15-4-5-16-12)11(17)8-3-2-7(13)6-9(8)14/h2-6H,1H3. The molecule has 0 atom stereocenters. The number of hydrogen-bond donors (Lipinski definition) is 0. The molecule has 0 spiro atoms. The lowest BCUT2D eigenvalue weighted by atomic mass is 10.1. The first kappa shape index (κ1) is 12.6. The van der Waals surface area contributed by atoms with Crippen LogP contribution in [0, 0.1) is 5.82 Å².